The molecule has 0 radical (unpaired) electrons. The molecule has 146 valence electrons. The topological polar surface area (TPSA) is 108 Å². The van der Waals surface area contributed by atoms with Gasteiger partial charge in [-0.15, -0.1) is 16.4 Å². The van der Waals surface area contributed by atoms with Crippen molar-refractivity contribution >= 4 is 21.4 Å². The van der Waals surface area contributed by atoms with Gasteiger partial charge in [0, 0.05) is 5.56 Å². The van der Waals surface area contributed by atoms with E-state index in [9.17, 15) is 8.42 Å². The van der Waals surface area contributed by atoms with Crippen LogP contribution < -0.4 is 4.72 Å². The molecule has 2 aliphatic rings. The van der Waals surface area contributed by atoms with E-state index in [0.717, 1.165) is 5.56 Å². The van der Waals surface area contributed by atoms with E-state index < -0.39 is 22.2 Å². The SMILES string of the molecule is O=S(=O)(N[C@H]1CO[C@H]2[C@@H]1OC[C@@H]2n1nnnc1-c1ccccc1)c1cccs1. The third-order valence-corrected chi connectivity index (χ3v) is 7.82. The van der Waals surface area contributed by atoms with Gasteiger partial charge in [0.1, 0.15) is 22.5 Å². The van der Waals surface area contributed by atoms with Crippen molar-refractivity contribution in [3.63, 3.8) is 0 Å². The standard InChI is InChI=1S/C17H17N5O4S2/c23-28(24,14-7-4-8-27-14)19-12-9-25-16-13(10-26-15(12)16)22-17(18-20-21-22)11-5-2-1-3-6-11/h1-8,12-13,15-16,19H,9-10H2/t12-,13-,15+,16+/m0/s1. The Hall–Kier alpha value is -2.18. The summed E-state index contributed by atoms with van der Waals surface area (Å²) in [7, 11) is -3.60. The van der Waals surface area contributed by atoms with Crippen molar-refractivity contribution in [2.45, 2.75) is 28.5 Å². The van der Waals surface area contributed by atoms with Crippen LogP contribution in [0.15, 0.2) is 52.1 Å². The lowest BCUT2D eigenvalue weighted by Gasteiger charge is -2.18. The second-order valence-electron chi connectivity index (χ2n) is 6.64. The van der Waals surface area contributed by atoms with E-state index in [1.807, 2.05) is 30.3 Å². The predicted molar refractivity (Wildman–Crippen MR) is 100 cm³/mol. The first kappa shape index (κ1) is 17.9. The first-order valence-corrected chi connectivity index (χ1v) is 11.1. The number of aromatic nitrogens is 4. The molecule has 0 bridgehead atoms. The van der Waals surface area contributed by atoms with Gasteiger partial charge in [-0.2, -0.15) is 0 Å². The summed E-state index contributed by atoms with van der Waals surface area (Å²) in [6.07, 6.45) is -0.727. The molecular formula is C17H17N5O4S2. The van der Waals surface area contributed by atoms with E-state index in [2.05, 4.69) is 20.2 Å². The fourth-order valence-corrected chi connectivity index (χ4v) is 5.90. The molecule has 11 heteroatoms. The normalized spacial score (nSPS) is 27.1. The maximum Gasteiger partial charge on any atom is 0.250 e. The summed E-state index contributed by atoms with van der Waals surface area (Å²) in [6, 6.07) is 12.2. The molecule has 3 aromatic rings. The number of fused-ring (bicyclic) bond motifs is 1. The Morgan fingerprint density at radius 1 is 1.07 bits per heavy atom. The molecule has 2 aliphatic heterocycles. The highest BCUT2D eigenvalue weighted by atomic mass is 32.2. The first-order valence-electron chi connectivity index (χ1n) is 8.76. The number of nitrogens with one attached hydrogen (secondary N) is 1. The molecule has 4 atom stereocenters. The van der Waals surface area contributed by atoms with Gasteiger partial charge in [-0.1, -0.05) is 36.4 Å². The van der Waals surface area contributed by atoms with E-state index in [1.54, 1.807) is 22.2 Å². The largest absolute Gasteiger partial charge is 0.371 e. The third kappa shape index (κ3) is 3.05. The van der Waals surface area contributed by atoms with Crippen LogP contribution in [0.5, 0.6) is 0 Å². The molecule has 1 aromatic carbocycles. The Morgan fingerprint density at radius 3 is 2.68 bits per heavy atom. The summed E-state index contributed by atoms with van der Waals surface area (Å²) < 4.78 is 41.6. The molecule has 0 unspecified atom stereocenters. The molecule has 0 amide bonds. The Balaban J connectivity index is 1.37. The molecule has 9 nitrogen and oxygen atoms in total. The maximum absolute atomic E-state index is 12.5. The van der Waals surface area contributed by atoms with Crippen molar-refractivity contribution < 1.29 is 17.9 Å². The van der Waals surface area contributed by atoms with Crippen molar-refractivity contribution in [2.75, 3.05) is 13.2 Å². The lowest BCUT2D eigenvalue weighted by atomic mass is 10.1. The summed E-state index contributed by atoms with van der Waals surface area (Å²) in [5, 5.41) is 13.8. The number of sulfonamides is 1. The van der Waals surface area contributed by atoms with Crippen molar-refractivity contribution in [2.24, 2.45) is 0 Å². The summed E-state index contributed by atoms with van der Waals surface area (Å²) in [5.74, 6) is 0.626. The highest BCUT2D eigenvalue weighted by Crippen LogP contribution is 2.36. The van der Waals surface area contributed by atoms with E-state index in [4.69, 9.17) is 9.47 Å². The van der Waals surface area contributed by atoms with Crippen LogP contribution in [-0.4, -0.2) is 60.1 Å². The Kier molecular flexibility index (Phi) is 4.48. The minimum atomic E-state index is -3.60. The number of ether oxygens (including phenoxy) is 2. The van der Waals surface area contributed by atoms with E-state index in [1.165, 1.54) is 11.3 Å². The van der Waals surface area contributed by atoms with Gasteiger partial charge in [-0.05, 0) is 21.9 Å². The predicted octanol–water partition coefficient (Wildman–Crippen LogP) is 1.09. The van der Waals surface area contributed by atoms with Crippen LogP contribution >= 0.6 is 11.3 Å². The lowest BCUT2D eigenvalue weighted by Crippen LogP contribution is -2.43. The van der Waals surface area contributed by atoms with Gasteiger partial charge < -0.3 is 9.47 Å². The van der Waals surface area contributed by atoms with Crippen molar-refractivity contribution in [3.8, 4) is 11.4 Å². The number of hydrogen-bond donors (Lipinski definition) is 1. The number of thiophene rings is 1. The molecule has 2 fully saturated rings. The van der Waals surface area contributed by atoms with Gasteiger partial charge in [0.05, 0.1) is 19.3 Å². The van der Waals surface area contributed by atoms with Gasteiger partial charge >= 0.3 is 0 Å². The Morgan fingerprint density at radius 2 is 1.89 bits per heavy atom. The Labute approximate surface area is 165 Å². The summed E-state index contributed by atoms with van der Waals surface area (Å²) in [4.78, 5) is 0. The third-order valence-electron chi connectivity index (χ3n) is 4.93. The van der Waals surface area contributed by atoms with Crippen LogP contribution in [0.1, 0.15) is 6.04 Å². The average Bonchev–Trinajstić information content (AvgIpc) is 3.48. The van der Waals surface area contributed by atoms with E-state index in [0.29, 0.717) is 12.4 Å². The number of nitrogens with zero attached hydrogens (tertiary/aromatic N) is 4. The van der Waals surface area contributed by atoms with Crippen LogP contribution in [0.25, 0.3) is 11.4 Å². The van der Waals surface area contributed by atoms with Crippen molar-refractivity contribution in [1.29, 1.82) is 0 Å². The van der Waals surface area contributed by atoms with Crippen molar-refractivity contribution in [1.82, 2.24) is 24.9 Å². The quantitative estimate of drug-likeness (QED) is 0.659. The van der Waals surface area contributed by atoms with Gasteiger partial charge in [-0.3, -0.25) is 0 Å². The first-order chi connectivity index (χ1) is 13.6. The highest BCUT2D eigenvalue weighted by Gasteiger charge is 2.50. The number of tetrazole rings is 1. The van der Waals surface area contributed by atoms with Crippen molar-refractivity contribution in [3.05, 3.63) is 47.8 Å². The highest BCUT2D eigenvalue weighted by molar-refractivity contribution is 7.91. The Bertz CT molecular complexity index is 1050. The summed E-state index contributed by atoms with van der Waals surface area (Å²) in [6.45, 7) is 0.580. The van der Waals surface area contributed by atoms with Gasteiger partial charge in [-0.25, -0.2) is 17.8 Å². The molecule has 0 spiro atoms. The smallest absolute Gasteiger partial charge is 0.250 e. The molecule has 2 aromatic heterocycles. The van der Waals surface area contributed by atoms with E-state index in [-0.39, 0.29) is 23.0 Å². The van der Waals surface area contributed by atoms with Crippen LogP contribution in [0.4, 0.5) is 0 Å². The fraction of sp³-hybridized carbons (Fsp3) is 0.353. The van der Waals surface area contributed by atoms with Gasteiger partial charge in [0.15, 0.2) is 5.82 Å². The molecule has 0 saturated carbocycles. The number of benzene rings is 1. The minimum absolute atomic E-state index is 0.230. The molecule has 1 N–H and O–H groups in total. The minimum Gasteiger partial charge on any atom is -0.371 e. The number of rotatable bonds is 5. The molecule has 4 heterocycles. The van der Waals surface area contributed by atoms with Crippen LogP contribution in [0.2, 0.25) is 0 Å². The van der Waals surface area contributed by atoms with Crippen LogP contribution in [0, 0.1) is 0 Å². The lowest BCUT2D eigenvalue weighted by molar-refractivity contribution is 0.0626. The summed E-state index contributed by atoms with van der Waals surface area (Å²) >= 11 is 1.17. The molecule has 5 rings (SSSR count). The number of hydrogen-bond acceptors (Lipinski definition) is 8. The van der Waals surface area contributed by atoms with Crippen LogP contribution in [-0.2, 0) is 19.5 Å². The van der Waals surface area contributed by atoms with E-state index >= 15 is 0 Å². The second kappa shape index (κ2) is 7.01. The van der Waals surface area contributed by atoms with Gasteiger partial charge in [0.25, 0.3) is 0 Å². The van der Waals surface area contributed by atoms with Gasteiger partial charge in [0.2, 0.25) is 10.0 Å². The molecule has 28 heavy (non-hydrogen) atoms. The molecule has 0 aliphatic carbocycles. The van der Waals surface area contributed by atoms with Crippen LogP contribution in [0.3, 0.4) is 0 Å². The monoisotopic (exact) mass is 419 g/mol. The zero-order valence-electron chi connectivity index (χ0n) is 14.6. The molecule has 2 saturated heterocycles. The fourth-order valence-electron chi connectivity index (χ4n) is 3.66. The average molecular weight is 419 g/mol. The summed E-state index contributed by atoms with van der Waals surface area (Å²) in [5.41, 5.74) is 0.892. The zero-order chi connectivity index (χ0) is 19.1. The second-order valence-corrected chi connectivity index (χ2v) is 9.52. The maximum atomic E-state index is 12.5. The zero-order valence-corrected chi connectivity index (χ0v) is 16.2. The molecular weight excluding hydrogens is 402 g/mol.